The maximum Gasteiger partial charge on any atom is 0.251 e. The molecule has 0 radical (unpaired) electrons. The molecule has 172 valence electrons. The van der Waals surface area contributed by atoms with Crippen LogP contribution in [0.5, 0.6) is 5.75 Å². The van der Waals surface area contributed by atoms with Crippen molar-refractivity contribution in [2.45, 2.75) is 45.6 Å². The van der Waals surface area contributed by atoms with Crippen molar-refractivity contribution in [1.29, 1.82) is 0 Å². The Bertz CT molecular complexity index is 917. The summed E-state index contributed by atoms with van der Waals surface area (Å²) in [5.41, 5.74) is 2.90. The highest BCUT2D eigenvalue weighted by Gasteiger charge is 2.25. The zero-order valence-electron chi connectivity index (χ0n) is 19.9. The molecule has 0 aromatic heterocycles. The van der Waals surface area contributed by atoms with Crippen molar-refractivity contribution in [3.63, 3.8) is 0 Å². The van der Waals surface area contributed by atoms with Crippen LogP contribution in [-0.4, -0.2) is 56.0 Å². The van der Waals surface area contributed by atoms with Gasteiger partial charge in [-0.05, 0) is 60.7 Å². The van der Waals surface area contributed by atoms with Gasteiger partial charge in [-0.15, -0.1) is 0 Å². The number of hydrogen-bond acceptors (Lipinski definition) is 4. The van der Waals surface area contributed by atoms with Crippen molar-refractivity contribution in [3.05, 3.63) is 59.7 Å². The minimum absolute atomic E-state index is 0.0325. The predicted octanol–water partition coefficient (Wildman–Crippen LogP) is 3.85. The highest BCUT2D eigenvalue weighted by molar-refractivity contribution is 5.97. The van der Waals surface area contributed by atoms with E-state index in [1.165, 1.54) is 5.56 Å². The molecule has 3 rings (SSSR count). The van der Waals surface area contributed by atoms with Gasteiger partial charge in [0.1, 0.15) is 11.8 Å². The highest BCUT2D eigenvalue weighted by Crippen LogP contribution is 2.23. The van der Waals surface area contributed by atoms with E-state index in [-0.39, 0.29) is 17.2 Å². The molecule has 0 aliphatic carbocycles. The van der Waals surface area contributed by atoms with Crippen LogP contribution in [0.25, 0.3) is 0 Å². The number of nitrogens with one attached hydrogen (secondary N) is 1. The van der Waals surface area contributed by atoms with Crippen LogP contribution in [0, 0.1) is 0 Å². The van der Waals surface area contributed by atoms with Crippen LogP contribution in [0.15, 0.2) is 48.5 Å². The van der Waals surface area contributed by atoms with E-state index in [4.69, 9.17) is 4.74 Å². The van der Waals surface area contributed by atoms with Crippen LogP contribution in [0.4, 0.5) is 5.69 Å². The monoisotopic (exact) mass is 437 g/mol. The second-order valence-corrected chi connectivity index (χ2v) is 9.39. The first-order valence-electron chi connectivity index (χ1n) is 11.3. The fourth-order valence-corrected chi connectivity index (χ4v) is 3.93. The summed E-state index contributed by atoms with van der Waals surface area (Å²) in [6.07, 6.45) is 0.882. The number of methoxy groups -OCH3 is 1. The lowest BCUT2D eigenvalue weighted by Crippen LogP contribution is -2.48. The first-order valence-corrected chi connectivity index (χ1v) is 11.3. The van der Waals surface area contributed by atoms with Crippen molar-refractivity contribution in [2.24, 2.45) is 0 Å². The first kappa shape index (κ1) is 23.6. The third-order valence-electron chi connectivity index (χ3n) is 5.98. The number of rotatable bonds is 5. The number of carbonyl (C=O) groups excluding carboxylic acids is 2. The molecule has 2 aromatic rings. The summed E-state index contributed by atoms with van der Waals surface area (Å²) in [4.78, 5) is 29.8. The van der Waals surface area contributed by atoms with E-state index in [0.29, 0.717) is 18.7 Å². The lowest BCUT2D eigenvalue weighted by molar-refractivity contribution is -0.132. The van der Waals surface area contributed by atoms with Gasteiger partial charge in [0.15, 0.2) is 0 Å². The van der Waals surface area contributed by atoms with E-state index in [2.05, 4.69) is 31.0 Å². The molecule has 1 N–H and O–H groups in total. The predicted molar refractivity (Wildman–Crippen MR) is 128 cm³/mol. The van der Waals surface area contributed by atoms with Gasteiger partial charge in [-0.2, -0.15) is 0 Å². The number of benzene rings is 2. The molecule has 2 aromatic carbocycles. The van der Waals surface area contributed by atoms with E-state index >= 15 is 0 Å². The van der Waals surface area contributed by atoms with Gasteiger partial charge >= 0.3 is 0 Å². The summed E-state index contributed by atoms with van der Waals surface area (Å²) in [6, 6.07) is 15.0. The fourth-order valence-electron chi connectivity index (χ4n) is 3.93. The van der Waals surface area contributed by atoms with Crippen molar-refractivity contribution < 1.29 is 14.3 Å². The SMILES string of the molecule is COc1ccc(N2CCCN(C(=O)C(C)NC(=O)c3ccc(C(C)(C)C)cc3)CC2)cc1. The Kier molecular flexibility index (Phi) is 7.44. The average Bonchev–Trinajstić information content (AvgIpc) is 3.04. The molecular formula is C26H35N3O3. The molecule has 2 amide bonds. The minimum atomic E-state index is -0.572. The maximum atomic E-state index is 13.0. The van der Waals surface area contributed by atoms with Crippen molar-refractivity contribution in [1.82, 2.24) is 10.2 Å². The molecule has 0 bridgehead atoms. The van der Waals surface area contributed by atoms with Crippen LogP contribution in [0.1, 0.15) is 50.0 Å². The zero-order chi connectivity index (χ0) is 23.3. The van der Waals surface area contributed by atoms with Crippen molar-refractivity contribution in [3.8, 4) is 5.75 Å². The molecule has 1 heterocycles. The molecule has 1 unspecified atom stereocenters. The van der Waals surface area contributed by atoms with Gasteiger partial charge in [0.05, 0.1) is 7.11 Å². The van der Waals surface area contributed by atoms with Crippen molar-refractivity contribution in [2.75, 3.05) is 38.2 Å². The number of ether oxygens (including phenoxy) is 1. The third-order valence-corrected chi connectivity index (χ3v) is 5.98. The molecule has 0 spiro atoms. The van der Waals surface area contributed by atoms with Crippen LogP contribution in [-0.2, 0) is 10.2 Å². The Morgan fingerprint density at radius 1 is 0.938 bits per heavy atom. The van der Waals surface area contributed by atoms with Crippen LogP contribution in [0.3, 0.4) is 0 Å². The molecule has 32 heavy (non-hydrogen) atoms. The largest absolute Gasteiger partial charge is 0.497 e. The van der Waals surface area contributed by atoms with E-state index in [0.717, 1.165) is 30.9 Å². The molecule has 6 heteroatoms. The number of carbonyl (C=O) groups is 2. The van der Waals surface area contributed by atoms with Gasteiger partial charge in [0, 0.05) is 37.4 Å². The molecule has 6 nitrogen and oxygen atoms in total. The molecule has 0 saturated carbocycles. The van der Waals surface area contributed by atoms with Crippen LogP contribution in [0.2, 0.25) is 0 Å². The summed E-state index contributed by atoms with van der Waals surface area (Å²) < 4.78 is 5.23. The topological polar surface area (TPSA) is 61.9 Å². The Hall–Kier alpha value is -3.02. The lowest BCUT2D eigenvalue weighted by Gasteiger charge is -2.26. The quantitative estimate of drug-likeness (QED) is 0.772. The summed E-state index contributed by atoms with van der Waals surface area (Å²) >= 11 is 0. The van der Waals surface area contributed by atoms with Gasteiger partial charge in [0.2, 0.25) is 5.91 Å². The van der Waals surface area contributed by atoms with Gasteiger partial charge in [-0.3, -0.25) is 9.59 Å². The van der Waals surface area contributed by atoms with Crippen molar-refractivity contribution >= 4 is 17.5 Å². The van der Waals surface area contributed by atoms with Crippen LogP contribution >= 0.6 is 0 Å². The summed E-state index contributed by atoms with van der Waals surface area (Å²) in [5.74, 6) is 0.570. The molecular weight excluding hydrogens is 402 g/mol. The number of amides is 2. The third kappa shape index (κ3) is 5.81. The second kappa shape index (κ2) is 10.1. The Labute approximate surface area is 191 Å². The van der Waals surface area contributed by atoms with Gasteiger partial charge in [-0.25, -0.2) is 0 Å². The second-order valence-electron chi connectivity index (χ2n) is 9.39. The van der Waals surface area contributed by atoms with Gasteiger partial charge < -0.3 is 19.9 Å². The Morgan fingerprint density at radius 2 is 1.59 bits per heavy atom. The zero-order valence-corrected chi connectivity index (χ0v) is 19.9. The lowest BCUT2D eigenvalue weighted by atomic mass is 9.86. The standard InChI is InChI=1S/C26H35N3O3/c1-19(27-24(30)20-7-9-21(10-8-20)26(2,3)4)25(31)29-16-6-15-28(17-18-29)22-11-13-23(32-5)14-12-22/h7-14,19H,6,15-18H2,1-5H3,(H,27,30). The van der Waals surface area contributed by atoms with E-state index in [1.807, 2.05) is 53.4 Å². The molecule has 1 fully saturated rings. The van der Waals surface area contributed by atoms with Gasteiger partial charge in [-0.1, -0.05) is 32.9 Å². The molecule has 1 aliphatic rings. The summed E-state index contributed by atoms with van der Waals surface area (Å²) in [6.45, 7) is 11.1. The van der Waals surface area contributed by atoms with E-state index < -0.39 is 6.04 Å². The highest BCUT2D eigenvalue weighted by atomic mass is 16.5. The average molecular weight is 438 g/mol. The molecule has 1 saturated heterocycles. The Morgan fingerprint density at radius 3 is 2.19 bits per heavy atom. The van der Waals surface area contributed by atoms with E-state index in [1.54, 1.807) is 14.0 Å². The maximum absolute atomic E-state index is 13.0. The summed E-state index contributed by atoms with van der Waals surface area (Å²) in [5, 5.41) is 2.87. The first-order chi connectivity index (χ1) is 15.2. The number of anilines is 1. The summed E-state index contributed by atoms with van der Waals surface area (Å²) in [7, 11) is 1.66. The van der Waals surface area contributed by atoms with Gasteiger partial charge in [0.25, 0.3) is 5.91 Å². The van der Waals surface area contributed by atoms with Crippen LogP contribution < -0.4 is 15.0 Å². The normalized spacial score (nSPS) is 15.7. The molecule has 1 atom stereocenters. The molecule has 1 aliphatic heterocycles. The minimum Gasteiger partial charge on any atom is -0.497 e. The van der Waals surface area contributed by atoms with E-state index in [9.17, 15) is 9.59 Å². The fraction of sp³-hybridized carbons (Fsp3) is 0.462. The number of nitrogens with zero attached hydrogens (tertiary/aromatic N) is 2. The smallest absolute Gasteiger partial charge is 0.251 e. The Balaban J connectivity index is 1.56. The number of hydrogen-bond donors (Lipinski definition) is 1.